The van der Waals surface area contributed by atoms with Crippen LogP contribution < -0.4 is 5.73 Å². The van der Waals surface area contributed by atoms with Crippen molar-refractivity contribution < 1.29 is 4.55 Å². The van der Waals surface area contributed by atoms with Crippen molar-refractivity contribution in [3.63, 3.8) is 0 Å². The number of nitrogens with zero attached hydrogens (tertiary/aromatic N) is 2. The molecule has 0 atom stereocenters. The highest BCUT2D eigenvalue weighted by atomic mass is 32.2. The van der Waals surface area contributed by atoms with Crippen molar-refractivity contribution in [1.82, 2.24) is 9.36 Å². The summed E-state index contributed by atoms with van der Waals surface area (Å²) < 4.78 is 12.4. The lowest BCUT2D eigenvalue weighted by molar-refractivity contribution is 0.663. The van der Waals surface area contributed by atoms with E-state index in [-0.39, 0.29) is 5.95 Å². The lowest BCUT2D eigenvalue weighted by Crippen LogP contribution is -1.84. The SMILES string of the molecule is Nc1nsc(SO)n1. The van der Waals surface area contributed by atoms with E-state index in [1.165, 1.54) is 0 Å². The Morgan fingerprint density at radius 3 is 2.75 bits per heavy atom. The van der Waals surface area contributed by atoms with Gasteiger partial charge in [-0.05, 0) is 11.5 Å². The summed E-state index contributed by atoms with van der Waals surface area (Å²) in [6, 6.07) is 0. The average molecular weight is 149 g/mol. The Morgan fingerprint density at radius 2 is 2.50 bits per heavy atom. The number of aromatic nitrogens is 2. The minimum atomic E-state index is 0.214. The third-order valence-corrected chi connectivity index (χ3v) is 1.72. The second kappa shape index (κ2) is 2.29. The molecule has 0 aliphatic heterocycles. The molecule has 1 aromatic rings. The van der Waals surface area contributed by atoms with Gasteiger partial charge in [-0.1, -0.05) is 0 Å². The number of hydrogen-bond donors (Lipinski definition) is 2. The molecule has 0 unspecified atom stereocenters. The van der Waals surface area contributed by atoms with E-state index in [1.807, 2.05) is 0 Å². The molecule has 0 saturated heterocycles. The lowest BCUT2D eigenvalue weighted by atomic mass is 11.1. The van der Waals surface area contributed by atoms with Crippen LogP contribution in [0.1, 0.15) is 0 Å². The van der Waals surface area contributed by atoms with E-state index in [0.29, 0.717) is 16.4 Å². The van der Waals surface area contributed by atoms with Gasteiger partial charge < -0.3 is 10.3 Å². The van der Waals surface area contributed by atoms with Crippen LogP contribution in [0.2, 0.25) is 0 Å². The van der Waals surface area contributed by atoms with Gasteiger partial charge in [-0.3, -0.25) is 0 Å². The summed E-state index contributed by atoms with van der Waals surface area (Å²) in [7, 11) is 0. The van der Waals surface area contributed by atoms with E-state index in [1.54, 1.807) is 0 Å². The van der Waals surface area contributed by atoms with Crippen LogP contribution in [0.4, 0.5) is 5.95 Å². The molecule has 0 amide bonds. The molecule has 8 heavy (non-hydrogen) atoms. The number of nitrogen functional groups attached to an aromatic ring is 1. The fourth-order valence-corrected chi connectivity index (χ4v) is 0.984. The number of rotatable bonds is 1. The molecule has 1 heterocycles. The molecule has 0 fully saturated rings. The van der Waals surface area contributed by atoms with Crippen molar-refractivity contribution >= 4 is 29.5 Å². The number of anilines is 1. The summed E-state index contributed by atoms with van der Waals surface area (Å²) in [5.74, 6) is 0.214. The fourth-order valence-electron chi connectivity index (χ4n) is 0.257. The summed E-state index contributed by atoms with van der Waals surface area (Å²) in [6.07, 6.45) is 0. The standard InChI is InChI=1S/C2H3N3OS2/c3-1-4-2(8-6)7-5-1/h6H,(H2,3,5). The zero-order valence-corrected chi connectivity index (χ0v) is 5.37. The second-order valence-corrected chi connectivity index (χ2v) is 2.59. The van der Waals surface area contributed by atoms with Crippen LogP contribution in [0.3, 0.4) is 0 Å². The summed E-state index contributed by atoms with van der Waals surface area (Å²) in [4.78, 5) is 3.63. The van der Waals surface area contributed by atoms with Gasteiger partial charge in [-0.25, -0.2) is 0 Å². The van der Waals surface area contributed by atoms with Gasteiger partial charge in [0.1, 0.15) is 0 Å². The smallest absolute Gasteiger partial charge is 0.233 e. The molecule has 44 valence electrons. The van der Waals surface area contributed by atoms with Crippen molar-refractivity contribution in [2.45, 2.75) is 4.34 Å². The van der Waals surface area contributed by atoms with Crippen LogP contribution in [-0.4, -0.2) is 13.9 Å². The Morgan fingerprint density at radius 1 is 1.75 bits per heavy atom. The largest absolute Gasteiger partial charge is 0.367 e. The van der Waals surface area contributed by atoms with E-state index in [2.05, 4.69) is 9.36 Å². The Balaban J connectivity index is 2.84. The van der Waals surface area contributed by atoms with Gasteiger partial charge in [0, 0.05) is 0 Å². The van der Waals surface area contributed by atoms with Crippen LogP contribution in [0.15, 0.2) is 4.34 Å². The van der Waals surface area contributed by atoms with E-state index < -0.39 is 0 Å². The maximum atomic E-state index is 8.32. The zero-order valence-electron chi connectivity index (χ0n) is 3.74. The van der Waals surface area contributed by atoms with Crippen molar-refractivity contribution in [2.24, 2.45) is 0 Å². The Hall–Kier alpha value is -0.330. The molecule has 1 rings (SSSR count). The van der Waals surface area contributed by atoms with Gasteiger partial charge >= 0.3 is 0 Å². The molecular formula is C2H3N3OS2. The Bertz CT molecular complexity index is 176. The first-order chi connectivity index (χ1) is 3.83. The molecule has 0 saturated carbocycles. The molecule has 0 aliphatic rings. The molecule has 0 spiro atoms. The molecule has 6 heteroatoms. The molecular weight excluding hydrogens is 146 g/mol. The first kappa shape index (κ1) is 5.80. The van der Waals surface area contributed by atoms with Crippen LogP contribution >= 0.6 is 23.6 Å². The van der Waals surface area contributed by atoms with E-state index in [0.717, 1.165) is 11.5 Å². The quantitative estimate of drug-likeness (QED) is 0.574. The first-order valence-electron chi connectivity index (χ1n) is 1.73. The van der Waals surface area contributed by atoms with Crippen LogP contribution in [-0.2, 0) is 0 Å². The van der Waals surface area contributed by atoms with Crippen LogP contribution in [0.5, 0.6) is 0 Å². The minimum Gasteiger partial charge on any atom is -0.367 e. The van der Waals surface area contributed by atoms with Crippen molar-refractivity contribution in [3.05, 3.63) is 0 Å². The highest BCUT2D eigenvalue weighted by Crippen LogP contribution is 2.16. The van der Waals surface area contributed by atoms with Crippen LogP contribution in [0.25, 0.3) is 0 Å². The lowest BCUT2D eigenvalue weighted by Gasteiger charge is -1.75. The van der Waals surface area contributed by atoms with Gasteiger partial charge in [0.25, 0.3) is 0 Å². The molecule has 0 aliphatic carbocycles. The summed E-state index contributed by atoms with van der Waals surface area (Å²) >= 11 is 1.63. The molecule has 0 radical (unpaired) electrons. The first-order valence-corrected chi connectivity index (χ1v) is 3.28. The summed E-state index contributed by atoms with van der Waals surface area (Å²) in [6.45, 7) is 0. The highest BCUT2D eigenvalue weighted by Gasteiger charge is 1.96. The van der Waals surface area contributed by atoms with Gasteiger partial charge in [0.2, 0.25) is 5.95 Å². The number of nitrogens with two attached hydrogens (primary N) is 1. The Kier molecular flexibility index (Phi) is 1.66. The number of hydrogen-bond acceptors (Lipinski definition) is 6. The molecule has 0 aromatic carbocycles. The second-order valence-electron chi connectivity index (χ2n) is 1.01. The van der Waals surface area contributed by atoms with Gasteiger partial charge in [-0.2, -0.15) is 9.36 Å². The van der Waals surface area contributed by atoms with Gasteiger partial charge in [0.15, 0.2) is 4.34 Å². The summed E-state index contributed by atoms with van der Waals surface area (Å²) in [5, 5.41) is 0. The normalized spacial score (nSPS) is 9.62. The third-order valence-electron chi connectivity index (χ3n) is 0.501. The van der Waals surface area contributed by atoms with Gasteiger partial charge in [0.05, 0.1) is 12.0 Å². The topological polar surface area (TPSA) is 72.0 Å². The van der Waals surface area contributed by atoms with E-state index in [9.17, 15) is 0 Å². The highest BCUT2D eigenvalue weighted by molar-refractivity contribution is 7.95. The summed E-state index contributed by atoms with van der Waals surface area (Å²) in [5.41, 5.74) is 5.12. The van der Waals surface area contributed by atoms with Crippen LogP contribution in [0, 0.1) is 0 Å². The maximum Gasteiger partial charge on any atom is 0.233 e. The fraction of sp³-hybridized carbons (Fsp3) is 0. The molecule has 1 aromatic heterocycles. The minimum absolute atomic E-state index is 0.214. The van der Waals surface area contributed by atoms with Crippen molar-refractivity contribution in [2.75, 3.05) is 5.73 Å². The van der Waals surface area contributed by atoms with Crippen molar-refractivity contribution in [3.8, 4) is 0 Å². The van der Waals surface area contributed by atoms with Crippen molar-refractivity contribution in [1.29, 1.82) is 0 Å². The molecule has 0 bridgehead atoms. The maximum absolute atomic E-state index is 8.32. The predicted molar refractivity (Wildman–Crippen MR) is 32.8 cm³/mol. The predicted octanol–water partition coefficient (Wildman–Crippen LogP) is 0.685. The molecule has 4 nitrogen and oxygen atoms in total. The average Bonchev–Trinajstić information content (AvgIpc) is 2.14. The monoisotopic (exact) mass is 149 g/mol. The zero-order chi connectivity index (χ0) is 5.98. The Labute approximate surface area is 54.1 Å². The van der Waals surface area contributed by atoms with E-state index >= 15 is 0 Å². The molecule has 3 N–H and O–H groups in total. The third kappa shape index (κ3) is 1.09. The van der Waals surface area contributed by atoms with E-state index in [4.69, 9.17) is 10.3 Å². The van der Waals surface area contributed by atoms with Gasteiger partial charge in [-0.15, -0.1) is 0 Å².